The van der Waals surface area contributed by atoms with Crippen LogP contribution in [0.25, 0.3) is 0 Å². The van der Waals surface area contributed by atoms with Gasteiger partial charge in [0, 0.05) is 36.7 Å². The molecule has 130 valence electrons. The van der Waals surface area contributed by atoms with E-state index in [2.05, 4.69) is 21.6 Å². The van der Waals surface area contributed by atoms with Gasteiger partial charge in [0.25, 0.3) is 5.91 Å². The highest BCUT2D eigenvalue weighted by atomic mass is 16.1. The van der Waals surface area contributed by atoms with Crippen LogP contribution in [-0.4, -0.2) is 32.0 Å². The zero-order chi connectivity index (χ0) is 17.6. The summed E-state index contributed by atoms with van der Waals surface area (Å²) in [5.74, 6) is -0.0434. The van der Waals surface area contributed by atoms with Gasteiger partial charge in [0.1, 0.15) is 0 Å². The second-order valence-corrected chi connectivity index (χ2v) is 6.16. The zero-order valence-electron chi connectivity index (χ0n) is 14.6. The van der Waals surface area contributed by atoms with Gasteiger partial charge in [0.2, 0.25) is 0 Å². The van der Waals surface area contributed by atoms with Gasteiger partial charge in [0.05, 0.1) is 12.2 Å². The summed E-state index contributed by atoms with van der Waals surface area (Å²) >= 11 is 0. The van der Waals surface area contributed by atoms with Crippen molar-refractivity contribution in [2.45, 2.75) is 33.4 Å². The highest BCUT2D eigenvalue weighted by molar-refractivity contribution is 5.94. The fourth-order valence-corrected chi connectivity index (χ4v) is 2.75. The van der Waals surface area contributed by atoms with Crippen molar-refractivity contribution in [2.75, 3.05) is 6.54 Å². The fourth-order valence-electron chi connectivity index (χ4n) is 2.75. The molecule has 0 aliphatic carbocycles. The van der Waals surface area contributed by atoms with Crippen LogP contribution in [0.2, 0.25) is 0 Å². The number of amides is 1. The Kier molecular flexibility index (Phi) is 5.28. The Labute approximate surface area is 147 Å². The first-order chi connectivity index (χ1) is 12.1. The minimum atomic E-state index is -0.0434. The molecule has 6 heteroatoms. The quantitative estimate of drug-likeness (QED) is 0.674. The maximum absolute atomic E-state index is 12.2. The number of nitrogens with zero attached hydrogens (tertiary/aromatic N) is 4. The number of nitrogens with one attached hydrogen (secondary N) is 1. The van der Waals surface area contributed by atoms with Crippen molar-refractivity contribution in [2.24, 2.45) is 0 Å². The lowest BCUT2D eigenvalue weighted by Gasteiger charge is -2.08. The highest BCUT2D eigenvalue weighted by Crippen LogP contribution is 2.09. The predicted molar refractivity (Wildman–Crippen MR) is 96.4 cm³/mol. The molecule has 0 saturated carbocycles. The van der Waals surface area contributed by atoms with E-state index in [1.807, 2.05) is 59.7 Å². The third kappa shape index (κ3) is 4.56. The normalized spacial score (nSPS) is 10.8. The summed E-state index contributed by atoms with van der Waals surface area (Å²) in [6.45, 7) is 6.18. The summed E-state index contributed by atoms with van der Waals surface area (Å²) in [5, 5.41) is 11.5. The van der Waals surface area contributed by atoms with Crippen molar-refractivity contribution < 1.29 is 4.79 Å². The Morgan fingerprint density at radius 3 is 2.64 bits per heavy atom. The Hall–Kier alpha value is -2.89. The first kappa shape index (κ1) is 17.0. The number of aromatic nitrogens is 4. The van der Waals surface area contributed by atoms with Gasteiger partial charge in [-0.2, -0.15) is 10.2 Å². The molecule has 3 rings (SSSR count). The van der Waals surface area contributed by atoms with Crippen molar-refractivity contribution in [3.8, 4) is 0 Å². The van der Waals surface area contributed by atoms with Crippen LogP contribution < -0.4 is 5.32 Å². The molecule has 0 fully saturated rings. The lowest BCUT2D eigenvalue weighted by Crippen LogP contribution is -2.25. The molecule has 2 heterocycles. The number of aryl methyl sites for hydroxylation is 3. The van der Waals surface area contributed by atoms with Crippen LogP contribution in [0.1, 0.15) is 33.7 Å². The summed E-state index contributed by atoms with van der Waals surface area (Å²) in [4.78, 5) is 12.2. The number of hydrogen-bond donors (Lipinski definition) is 1. The number of carbonyl (C=O) groups excluding carboxylic acids is 1. The van der Waals surface area contributed by atoms with E-state index in [1.54, 1.807) is 6.20 Å². The first-order valence-corrected chi connectivity index (χ1v) is 8.47. The molecule has 1 amide bonds. The molecule has 0 aliphatic heterocycles. The summed E-state index contributed by atoms with van der Waals surface area (Å²) in [5.41, 5.74) is 3.96. The molecule has 25 heavy (non-hydrogen) atoms. The predicted octanol–water partition coefficient (Wildman–Crippen LogP) is 2.56. The lowest BCUT2D eigenvalue weighted by atomic mass is 10.1. The molecule has 3 aromatic rings. The SMILES string of the molecule is Cc1cc(C)n(Cc2ccc(C(=O)NCCCn3cccn3)cc2)n1. The molecular weight excluding hydrogens is 314 g/mol. The van der Waals surface area contributed by atoms with Crippen LogP contribution in [-0.2, 0) is 13.1 Å². The zero-order valence-corrected chi connectivity index (χ0v) is 14.6. The summed E-state index contributed by atoms with van der Waals surface area (Å²) in [6.07, 6.45) is 4.53. The van der Waals surface area contributed by atoms with Gasteiger partial charge >= 0.3 is 0 Å². The van der Waals surface area contributed by atoms with Gasteiger partial charge in [-0.05, 0) is 50.1 Å². The number of carbonyl (C=O) groups is 1. The highest BCUT2D eigenvalue weighted by Gasteiger charge is 2.06. The van der Waals surface area contributed by atoms with Gasteiger partial charge in [0.15, 0.2) is 0 Å². The van der Waals surface area contributed by atoms with Crippen molar-refractivity contribution in [3.63, 3.8) is 0 Å². The third-order valence-corrected chi connectivity index (χ3v) is 4.06. The molecule has 0 spiro atoms. The van der Waals surface area contributed by atoms with Crippen molar-refractivity contribution in [1.82, 2.24) is 24.9 Å². The van der Waals surface area contributed by atoms with E-state index in [4.69, 9.17) is 0 Å². The maximum atomic E-state index is 12.2. The van der Waals surface area contributed by atoms with Gasteiger partial charge in [-0.25, -0.2) is 0 Å². The van der Waals surface area contributed by atoms with Crippen LogP contribution in [0.5, 0.6) is 0 Å². The van der Waals surface area contributed by atoms with Gasteiger partial charge < -0.3 is 5.32 Å². The molecule has 0 aliphatic rings. The molecule has 0 unspecified atom stereocenters. The van der Waals surface area contributed by atoms with Crippen LogP contribution in [0.15, 0.2) is 48.8 Å². The van der Waals surface area contributed by atoms with Crippen LogP contribution >= 0.6 is 0 Å². The molecule has 0 saturated heterocycles. The molecule has 2 aromatic heterocycles. The van der Waals surface area contributed by atoms with Crippen molar-refractivity contribution in [3.05, 3.63) is 71.3 Å². The van der Waals surface area contributed by atoms with Crippen molar-refractivity contribution >= 4 is 5.91 Å². The Morgan fingerprint density at radius 2 is 2.00 bits per heavy atom. The van der Waals surface area contributed by atoms with E-state index < -0.39 is 0 Å². The largest absolute Gasteiger partial charge is 0.352 e. The minimum absolute atomic E-state index is 0.0434. The van der Waals surface area contributed by atoms with E-state index >= 15 is 0 Å². The van der Waals surface area contributed by atoms with E-state index in [1.165, 1.54) is 0 Å². The second kappa shape index (κ2) is 7.79. The lowest BCUT2D eigenvalue weighted by molar-refractivity contribution is 0.0952. The third-order valence-electron chi connectivity index (χ3n) is 4.06. The van der Waals surface area contributed by atoms with Gasteiger partial charge in [-0.1, -0.05) is 12.1 Å². The Bertz CT molecular complexity index is 818. The summed E-state index contributed by atoms with van der Waals surface area (Å²) in [6, 6.07) is 11.6. The van der Waals surface area contributed by atoms with Crippen molar-refractivity contribution in [1.29, 1.82) is 0 Å². The molecule has 0 radical (unpaired) electrons. The van der Waals surface area contributed by atoms with E-state index in [0.717, 1.165) is 29.9 Å². The van der Waals surface area contributed by atoms with Gasteiger partial charge in [-0.3, -0.25) is 14.2 Å². The molecule has 1 N–H and O–H groups in total. The van der Waals surface area contributed by atoms with Crippen LogP contribution in [0.4, 0.5) is 0 Å². The maximum Gasteiger partial charge on any atom is 0.251 e. The molecule has 0 atom stereocenters. The fraction of sp³-hybridized carbons (Fsp3) is 0.316. The van der Waals surface area contributed by atoms with Crippen LogP contribution in [0.3, 0.4) is 0 Å². The number of benzene rings is 1. The summed E-state index contributed by atoms with van der Waals surface area (Å²) < 4.78 is 3.83. The number of hydrogen-bond acceptors (Lipinski definition) is 3. The van der Waals surface area contributed by atoms with Crippen LogP contribution in [0, 0.1) is 13.8 Å². The van der Waals surface area contributed by atoms with E-state index in [0.29, 0.717) is 18.7 Å². The number of rotatable bonds is 7. The minimum Gasteiger partial charge on any atom is -0.352 e. The van der Waals surface area contributed by atoms with E-state index in [-0.39, 0.29) is 5.91 Å². The van der Waals surface area contributed by atoms with E-state index in [9.17, 15) is 4.79 Å². The van der Waals surface area contributed by atoms with Gasteiger partial charge in [-0.15, -0.1) is 0 Å². The average molecular weight is 337 g/mol. The second-order valence-electron chi connectivity index (χ2n) is 6.16. The molecule has 0 bridgehead atoms. The Balaban J connectivity index is 1.49. The Morgan fingerprint density at radius 1 is 1.20 bits per heavy atom. The average Bonchev–Trinajstić information content (AvgIpc) is 3.22. The standard InChI is InChI=1S/C19H23N5O/c1-15-13-16(2)24(22-15)14-17-5-7-18(8-6-17)19(25)20-9-3-11-23-12-4-10-21-23/h4-8,10,12-13H,3,9,11,14H2,1-2H3,(H,20,25). The summed E-state index contributed by atoms with van der Waals surface area (Å²) in [7, 11) is 0. The molecular formula is C19H23N5O. The topological polar surface area (TPSA) is 64.7 Å². The molecule has 1 aromatic carbocycles. The first-order valence-electron chi connectivity index (χ1n) is 8.47. The smallest absolute Gasteiger partial charge is 0.251 e. The molecule has 6 nitrogen and oxygen atoms in total. The monoisotopic (exact) mass is 337 g/mol.